The first-order valence-corrected chi connectivity index (χ1v) is 5.98. The summed E-state index contributed by atoms with van der Waals surface area (Å²) in [5.74, 6) is 0.0710. The van der Waals surface area contributed by atoms with Crippen LogP contribution in [-0.2, 0) is 9.59 Å². The van der Waals surface area contributed by atoms with E-state index in [4.69, 9.17) is 5.73 Å². The average molecular weight is 227 g/mol. The molecule has 92 valence electrons. The van der Waals surface area contributed by atoms with Gasteiger partial charge in [-0.1, -0.05) is 0 Å². The van der Waals surface area contributed by atoms with Crippen molar-refractivity contribution in [3.05, 3.63) is 0 Å². The minimum Gasteiger partial charge on any atom is -0.356 e. The molecule has 16 heavy (non-hydrogen) atoms. The molecule has 1 saturated heterocycles. The van der Waals surface area contributed by atoms with Gasteiger partial charge in [0.1, 0.15) is 0 Å². The predicted molar refractivity (Wildman–Crippen MR) is 61.7 cm³/mol. The van der Waals surface area contributed by atoms with E-state index in [2.05, 4.69) is 5.32 Å². The van der Waals surface area contributed by atoms with Crippen LogP contribution in [0.3, 0.4) is 0 Å². The van der Waals surface area contributed by atoms with Gasteiger partial charge in [-0.25, -0.2) is 0 Å². The first-order valence-electron chi connectivity index (χ1n) is 5.98. The highest BCUT2D eigenvalue weighted by atomic mass is 16.2. The lowest BCUT2D eigenvalue weighted by molar-refractivity contribution is -0.132. The van der Waals surface area contributed by atoms with Crippen LogP contribution in [0.5, 0.6) is 0 Å². The molecule has 3 N–H and O–H groups in total. The zero-order chi connectivity index (χ0) is 11.8. The normalized spacial score (nSPS) is 15.9. The first-order chi connectivity index (χ1) is 7.74. The highest BCUT2D eigenvalue weighted by molar-refractivity contribution is 5.79. The van der Waals surface area contributed by atoms with E-state index in [0.717, 1.165) is 25.9 Å². The van der Waals surface area contributed by atoms with Crippen LogP contribution in [0.15, 0.2) is 0 Å². The molecule has 0 atom stereocenters. The number of hydrogen-bond acceptors (Lipinski definition) is 3. The summed E-state index contributed by atoms with van der Waals surface area (Å²) < 4.78 is 0. The number of piperidine rings is 1. The summed E-state index contributed by atoms with van der Waals surface area (Å²) in [5, 5.41) is 2.69. The molecule has 0 aromatic rings. The highest BCUT2D eigenvalue weighted by Crippen LogP contribution is 2.09. The molecule has 0 radical (unpaired) electrons. The molecule has 1 aliphatic heterocycles. The number of likely N-dealkylation sites (tertiary alicyclic amines) is 1. The Morgan fingerprint density at radius 3 is 2.44 bits per heavy atom. The summed E-state index contributed by atoms with van der Waals surface area (Å²) >= 11 is 0. The minimum atomic E-state index is -0.0751. The van der Waals surface area contributed by atoms with Gasteiger partial charge in [-0.2, -0.15) is 0 Å². The van der Waals surface area contributed by atoms with Gasteiger partial charge in [0, 0.05) is 39.0 Å². The second-order valence-corrected chi connectivity index (χ2v) is 4.08. The largest absolute Gasteiger partial charge is 0.356 e. The van der Waals surface area contributed by atoms with Crippen LogP contribution in [0.1, 0.15) is 32.1 Å². The molecule has 1 aliphatic rings. The van der Waals surface area contributed by atoms with Crippen molar-refractivity contribution >= 4 is 11.8 Å². The van der Waals surface area contributed by atoms with E-state index in [0.29, 0.717) is 25.9 Å². The Hall–Kier alpha value is -1.10. The van der Waals surface area contributed by atoms with Gasteiger partial charge < -0.3 is 16.0 Å². The van der Waals surface area contributed by atoms with Gasteiger partial charge in [0.2, 0.25) is 11.8 Å². The molecule has 0 unspecified atom stereocenters. The van der Waals surface area contributed by atoms with Gasteiger partial charge in [0.25, 0.3) is 0 Å². The molecule has 1 heterocycles. The third-order valence-corrected chi connectivity index (χ3v) is 2.74. The Morgan fingerprint density at radius 1 is 1.12 bits per heavy atom. The first kappa shape index (κ1) is 13.0. The van der Waals surface area contributed by atoms with E-state index < -0.39 is 0 Å². The van der Waals surface area contributed by atoms with E-state index >= 15 is 0 Å². The summed E-state index contributed by atoms with van der Waals surface area (Å²) in [6, 6.07) is 0. The molecule has 0 saturated carbocycles. The topological polar surface area (TPSA) is 75.4 Å². The molecule has 5 heteroatoms. The van der Waals surface area contributed by atoms with Crippen molar-refractivity contribution in [1.29, 1.82) is 0 Å². The average Bonchev–Trinajstić information content (AvgIpc) is 2.30. The Balaban J connectivity index is 2.12. The molecular weight excluding hydrogens is 206 g/mol. The number of nitrogens with two attached hydrogens (primary N) is 1. The van der Waals surface area contributed by atoms with Crippen molar-refractivity contribution < 1.29 is 9.59 Å². The van der Waals surface area contributed by atoms with Gasteiger partial charge in [0.15, 0.2) is 0 Å². The molecule has 0 spiro atoms. The lowest BCUT2D eigenvalue weighted by Crippen LogP contribution is -2.38. The van der Waals surface area contributed by atoms with Gasteiger partial charge in [0.05, 0.1) is 0 Å². The van der Waals surface area contributed by atoms with E-state index in [-0.39, 0.29) is 11.8 Å². The van der Waals surface area contributed by atoms with Crippen molar-refractivity contribution in [2.24, 2.45) is 5.73 Å². The minimum absolute atomic E-state index is 0.0751. The predicted octanol–water partition coefficient (Wildman–Crippen LogP) is -0.146. The van der Waals surface area contributed by atoms with Crippen LogP contribution in [0.4, 0.5) is 0 Å². The van der Waals surface area contributed by atoms with E-state index in [1.165, 1.54) is 6.42 Å². The Labute approximate surface area is 96.4 Å². The fraction of sp³-hybridized carbons (Fsp3) is 0.818. The number of nitrogens with one attached hydrogen (secondary N) is 1. The molecule has 1 fully saturated rings. The van der Waals surface area contributed by atoms with E-state index in [1.807, 2.05) is 4.90 Å². The highest BCUT2D eigenvalue weighted by Gasteiger charge is 2.15. The Morgan fingerprint density at radius 2 is 1.81 bits per heavy atom. The van der Waals surface area contributed by atoms with Crippen molar-refractivity contribution in [1.82, 2.24) is 10.2 Å². The smallest absolute Gasteiger partial charge is 0.224 e. The fourth-order valence-electron chi connectivity index (χ4n) is 1.83. The molecular formula is C11H21N3O2. The molecule has 2 amide bonds. The second-order valence-electron chi connectivity index (χ2n) is 4.08. The molecule has 0 aromatic carbocycles. The van der Waals surface area contributed by atoms with Crippen LogP contribution >= 0.6 is 0 Å². The number of amides is 2. The molecule has 5 nitrogen and oxygen atoms in total. The van der Waals surface area contributed by atoms with Gasteiger partial charge in [-0.15, -0.1) is 0 Å². The summed E-state index contributed by atoms with van der Waals surface area (Å²) in [7, 11) is 0. The van der Waals surface area contributed by atoms with Crippen molar-refractivity contribution in [3.63, 3.8) is 0 Å². The summed E-state index contributed by atoms with van der Waals surface area (Å²) in [6.07, 6.45) is 4.15. The maximum atomic E-state index is 11.7. The monoisotopic (exact) mass is 227 g/mol. The summed E-state index contributed by atoms with van der Waals surface area (Å²) in [5.41, 5.74) is 5.24. The SMILES string of the molecule is NCCC(=O)NCCC(=O)N1CCCCC1. The zero-order valence-corrected chi connectivity index (χ0v) is 9.71. The van der Waals surface area contributed by atoms with Gasteiger partial charge >= 0.3 is 0 Å². The molecule has 0 aliphatic carbocycles. The maximum absolute atomic E-state index is 11.7. The number of carbonyl (C=O) groups is 2. The Kier molecular flexibility index (Phi) is 5.85. The fourth-order valence-corrected chi connectivity index (χ4v) is 1.83. The van der Waals surface area contributed by atoms with Crippen LogP contribution in [-0.4, -0.2) is 42.9 Å². The number of nitrogens with zero attached hydrogens (tertiary/aromatic N) is 1. The van der Waals surface area contributed by atoms with Crippen LogP contribution in [0.25, 0.3) is 0 Å². The third-order valence-electron chi connectivity index (χ3n) is 2.74. The standard InChI is InChI=1S/C11H21N3O2/c12-6-4-10(15)13-7-5-11(16)14-8-2-1-3-9-14/h1-9,12H2,(H,13,15). The van der Waals surface area contributed by atoms with Crippen LogP contribution in [0.2, 0.25) is 0 Å². The molecule has 0 aromatic heterocycles. The summed E-state index contributed by atoms with van der Waals surface area (Å²) in [6.45, 7) is 2.52. The van der Waals surface area contributed by atoms with E-state index in [1.54, 1.807) is 0 Å². The van der Waals surface area contributed by atoms with Crippen molar-refractivity contribution in [3.8, 4) is 0 Å². The number of rotatable bonds is 5. The quantitative estimate of drug-likeness (QED) is 0.686. The number of carbonyl (C=O) groups excluding carboxylic acids is 2. The van der Waals surface area contributed by atoms with Gasteiger partial charge in [-0.3, -0.25) is 9.59 Å². The molecule has 1 rings (SSSR count). The van der Waals surface area contributed by atoms with Crippen LogP contribution in [0, 0.1) is 0 Å². The molecule has 0 bridgehead atoms. The lowest BCUT2D eigenvalue weighted by atomic mass is 10.1. The lowest BCUT2D eigenvalue weighted by Gasteiger charge is -2.26. The zero-order valence-electron chi connectivity index (χ0n) is 9.71. The third kappa shape index (κ3) is 4.61. The maximum Gasteiger partial charge on any atom is 0.224 e. The summed E-state index contributed by atoms with van der Waals surface area (Å²) in [4.78, 5) is 24.7. The van der Waals surface area contributed by atoms with E-state index in [9.17, 15) is 9.59 Å². The Bertz CT molecular complexity index is 237. The van der Waals surface area contributed by atoms with Crippen LogP contribution < -0.4 is 11.1 Å². The number of hydrogen-bond donors (Lipinski definition) is 2. The second kappa shape index (κ2) is 7.22. The van der Waals surface area contributed by atoms with Gasteiger partial charge in [-0.05, 0) is 19.3 Å². The van der Waals surface area contributed by atoms with Crippen molar-refractivity contribution in [2.45, 2.75) is 32.1 Å². The van der Waals surface area contributed by atoms with Crippen molar-refractivity contribution in [2.75, 3.05) is 26.2 Å².